The summed E-state index contributed by atoms with van der Waals surface area (Å²) in [6.45, 7) is 9.26. The van der Waals surface area contributed by atoms with Gasteiger partial charge in [-0.05, 0) is 42.4 Å². The Bertz CT molecular complexity index is 372. The smallest absolute Gasteiger partial charge is 0.0308 e. The molecule has 0 amide bonds. The van der Waals surface area contributed by atoms with E-state index in [4.69, 9.17) is 0 Å². The first-order valence-corrected chi connectivity index (χ1v) is 8.55. The van der Waals surface area contributed by atoms with Gasteiger partial charge in [0.2, 0.25) is 0 Å². The van der Waals surface area contributed by atoms with Gasteiger partial charge in [-0.2, -0.15) is 0 Å². The van der Waals surface area contributed by atoms with Crippen molar-refractivity contribution in [3.8, 4) is 0 Å². The van der Waals surface area contributed by atoms with E-state index < -0.39 is 0 Å². The lowest BCUT2D eigenvalue weighted by Gasteiger charge is -2.31. The molecule has 0 aliphatic heterocycles. The molecular weight excluding hydrogens is 242 g/mol. The summed E-state index contributed by atoms with van der Waals surface area (Å²) in [7, 11) is 0. The quantitative estimate of drug-likeness (QED) is 0.463. The predicted octanol–water partition coefficient (Wildman–Crippen LogP) is 6.20. The fourth-order valence-electron chi connectivity index (χ4n) is 3.20. The van der Waals surface area contributed by atoms with Crippen LogP contribution in [0.3, 0.4) is 0 Å². The van der Waals surface area contributed by atoms with E-state index in [9.17, 15) is 0 Å². The number of aryl methyl sites for hydroxylation is 1. The van der Waals surface area contributed by atoms with Crippen LogP contribution in [0.1, 0.15) is 89.7 Å². The number of hydrogen-bond donors (Lipinski definition) is 0. The fourth-order valence-corrected chi connectivity index (χ4v) is 3.20. The molecular formula is C19H33N. The van der Waals surface area contributed by atoms with Gasteiger partial charge in [0.25, 0.3) is 0 Å². The molecule has 0 saturated heterocycles. The van der Waals surface area contributed by atoms with Crippen LogP contribution in [0.5, 0.6) is 0 Å². The summed E-state index contributed by atoms with van der Waals surface area (Å²) < 4.78 is 0. The minimum Gasteiger partial charge on any atom is -0.264 e. The molecule has 1 aromatic rings. The molecule has 1 aromatic heterocycles. The van der Waals surface area contributed by atoms with Crippen molar-refractivity contribution in [1.82, 2.24) is 4.98 Å². The van der Waals surface area contributed by atoms with Gasteiger partial charge >= 0.3 is 0 Å². The van der Waals surface area contributed by atoms with E-state index in [0.29, 0.717) is 5.41 Å². The van der Waals surface area contributed by atoms with E-state index in [-0.39, 0.29) is 0 Å². The van der Waals surface area contributed by atoms with Gasteiger partial charge in [-0.1, -0.05) is 65.7 Å². The molecule has 0 aliphatic carbocycles. The lowest BCUT2D eigenvalue weighted by atomic mass is 9.73. The van der Waals surface area contributed by atoms with Gasteiger partial charge in [0.05, 0.1) is 0 Å². The Kier molecular flexibility index (Phi) is 7.87. The molecule has 0 bridgehead atoms. The van der Waals surface area contributed by atoms with Gasteiger partial charge < -0.3 is 0 Å². The van der Waals surface area contributed by atoms with E-state index in [1.165, 1.54) is 68.9 Å². The Balaban J connectivity index is 2.75. The maximum Gasteiger partial charge on any atom is 0.0308 e. The SMILES string of the molecule is CCCCCCC(C)(CCCCC)c1cnccc1C. The van der Waals surface area contributed by atoms with E-state index >= 15 is 0 Å². The van der Waals surface area contributed by atoms with Crippen LogP contribution in [0.15, 0.2) is 18.5 Å². The minimum absolute atomic E-state index is 0.321. The topological polar surface area (TPSA) is 12.9 Å². The van der Waals surface area contributed by atoms with Crippen molar-refractivity contribution in [1.29, 1.82) is 0 Å². The third-order valence-corrected chi connectivity index (χ3v) is 4.60. The summed E-state index contributed by atoms with van der Waals surface area (Å²) in [4.78, 5) is 4.38. The monoisotopic (exact) mass is 275 g/mol. The van der Waals surface area contributed by atoms with Crippen molar-refractivity contribution in [2.24, 2.45) is 0 Å². The van der Waals surface area contributed by atoms with Crippen molar-refractivity contribution in [3.63, 3.8) is 0 Å². The van der Waals surface area contributed by atoms with Crippen LogP contribution in [-0.2, 0) is 5.41 Å². The van der Waals surface area contributed by atoms with Crippen LogP contribution in [0, 0.1) is 6.92 Å². The lowest BCUT2D eigenvalue weighted by molar-refractivity contribution is 0.363. The predicted molar refractivity (Wildman–Crippen MR) is 89.2 cm³/mol. The number of aromatic nitrogens is 1. The number of hydrogen-bond acceptors (Lipinski definition) is 1. The van der Waals surface area contributed by atoms with Gasteiger partial charge in [0.15, 0.2) is 0 Å². The maximum atomic E-state index is 4.38. The summed E-state index contributed by atoms with van der Waals surface area (Å²) in [6, 6.07) is 2.17. The van der Waals surface area contributed by atoms with Gasteiger partial charge in [0, 0.05) is 12.4 Å². The highest BCUT2D eigenvalue weighted by molar-refractivity contribution is 5.29. The van der Waals surface area contributed by atoms with E-state index in [1.807, 2.05) is 6.20 Å². The van der Waals surface area contributed by atoms with Crippen molar-refractivity contribution >= 4 is 0 Å². The minimum atomic E-state index is 0.321. The highest BCUT2D eigenvalue weighted by Crippen LogP contribution is 2.36. The highest BCUT2D eigenvalue weighted by Gasteiger charge is 2.27. The third-order valence-electron chi connectivity index (χ3n) is 4.60. The van der Waals surface area contributed by atoms with Crippen molar-refractivity contribution in [3.05, 3.63) is 29.6 Å². The zero-order chi connectivity index (χ0) is 14.8. The normalized spacial score (nSPS) is 14.2. The summed E-state index contributed by atoms with van der Waals surface area (Å²) in [6.07, 6.45) is 16.1. The van der Waals surface area contributed by atoms with Crippen LogP contribution < -0.4 is 0 Å². The lowest BCUT2D eigenvalue weighted by Crippen LogP contribution is -2.23. The zero-order valence-corrected chi connectivity index (χ0v) is 14.0. The second kappa shape index (κ2) is 9.15. The molecule has 0 N–H and O–H groups in total. The van der Waals surface area contributed by atoms with E-state index in [1.54, 1.807) is 0 Å². The molecule has 0 fully saturated rings. The highest BCUT2D eigenvalue weighted by atomic mass is 14.6. The van der Waals surface area contributed by atoms with Gasteiger partial charge in [-0.25, -0.2) is 0 Å². The molecule has 1 heterocycles. The zero-order valence-electron chi connectivity index (χ0n) is 14.0. The van der Waals surface area contributed by atoms with E-state index in [2.05, 4.69) is 44.9 Å². The average molecular weight is 275 g/mol. The summed E-state index contributed by atoms with van der Waals surface area (Å²) >= 11 is 0. The third kappa shape index (κ3) is 5.26. The van der Waals surface area contributed by atoms with Gasteiger partial charge in [-0.15, -0.1) is 0 Å². The Labute approximate surface area is 126 Å². The molecule has 1 atom stereocenters. The van der Waals surface area contributed by atoms with Crippen LogP contribution >= 0.6 is 0 Å². The van der Waals surface area contributed by atoms with Crippen LogP contribution in [-0.4, -0.2) is 4.98 Å². The van der Waals surface area contributed by atoms with Crippen LogP contribution in [0.25, 0.3) is 0 Å². The standard InChI is InChI=1S/C19H33N/c1-5-7-9-11-14-19(4,13-10-8-6-2)18-16-20-15-12-17(18)3/h12,15-16H,5-11,13-14H2,1-4H3. The molecule has 20 heavy (non-hydrogen) atoms. The van der Waals surface area contributed by atoms with Crippen LogP contribution in [0.2, 0.25) is 0 Å². The maximum absolute atomic E-state index is 4.38. The van der Waals surface area contributed by atoms with Gasteiger partial charge in [-0.3, -0.25) is 4.98 Å². The molecule has 0 saturated carbocycles. The van der Waals surface area contributed by atoms with Crippen molar-refractivity contribution in [2.75, 3.05) is 0 Å². The molecule has 114 valence electrons. The first-order valence-electron chi connectivity index (χ1n) is 8.55. The average Bonchev–Trinajstić information content (AvgIpc) is 2.44. The number of unbranched alkanes of at least 4 members (excludes halogenated alkanes) is 5. The second-order valence-corrected chi connectivity index (χ2v) is 6.52. The Morgan fingerprint density at radius 2 is 1.55 bits per heavy atom. The molecule has 1 rings (SSSR count). The van der Waals surface area contributed by atoms with Gasteiger partial charge in [0.1, 0.15) is 0 Å². The molecule has 0 aliphatic rings. The first kappa shape index (κ1) is 17.2. The Morgan fingerprint density at radius 1 is 0.950 bits per heavy atom. The molecule has 1 nitrogen and oxygen atoms in total. The van der Waals surface area contributed by atoms with E-state index in [0.717, 1.165) is 0 Å². The molecule has 1 unspecified atom stereocenters. The number of pyridine rings is 1. The van der Waals surface area contributed by atoms with Crippen LogP contribution in [0.4, 0.5) is 0 Å². The number of rotatable bonds is 10. The van der Waals surface area contributed by atoms with Crippen molar-refractivity contribution in [2.45, 2.75) is 90.9 Å². The Morgan fingerprint density at radius 3 is 2.15 bits per heavy atom. The molecule has 0 spiro atoms. The number of nitrogens with zero attached hydrogens (tertiary/aromatic N) is 1. The summed E-state index contributed by atoms with van der Waals surface area (Å²) in [5.41, 5.74) is 3.21. The molecule has 1 heteroatoms. The second-order valence-electron chi connectivity index (χ2n) is 6.52. The summed E-state index contributed by atoms with van der Waals surface area (Å²) in [5, 5.41) is 0. The molecule has 0 aromatic carbocycles. The first-order chi connectivity index (χ1) is 9.64. The fraction of sp³-hybridized carbons (Fsp3) is 0.737. The Hall–Kier alpha value is -0.850. The molecule has 0 radical (unpaired) electrons. The summed E-state index contributed by atoms with van der Waals surface area (Å²) in [5.74, 6) is 0. The largest absolute Gasteiger partial charge is 0.264 e. The van der Waals surface area contributed by atoms with Crippen molar-refractivity contribution < 1.29 is 0 Å².